The van der Waals surface area contributed by atoms with E-state index >= 15 is 0 Å². The number of benzene rings is 1. The maximum absolute atomic E-state index is 12.0. The first-order chi connectivity index (χ1) is 11.8. The van der Waals surface area contributed by atoms with E-state index in [-0.39, 0.29) is 4.75 Å². The lowest BCUT2D eigenvalue weighted by molar-refractivity contribution is 0.0931. The summed E-state index contributed by atoms with van der Waals surface area (Å²) in [6, 6.07) is 10.2. The molecule has 1 aromatic rings. The van der Waals surface area contributed by atoms with Gasteiger partial charge in [0.1, 0.15) is 0 Å². The fourth-order valence-electron chi connectivity index (χ4n) is 2.07. The van der Waals surface area contributed by atoms with Gasteiger partial charge < -0.3 is 15.4 Å². The lowest BCUT2D eigenvalue weighted by atomic mass is 10.2. The van der Waals surface area contributed by atoms with E-state index in [2.05, 4.69) is 34.7 Å². The monoisotopic (exact) mass is 367 g/mol. The van der Waals surface area contributed by atoms with Gasteiger partial charge in [0.2, 0.25) is 0 Å². The average molecular weight is 368 g/mol. The van der Waals surface area contributed by atoms with Crippen LogP contribution in [0.5, 0.6) is 0 Å². The third kappa shape index (κ3) is 9.60. The molecule has 0 aliphatic carbocycles. The van der Waals surface area contributed by atoms with Crippen LogP contribution < -0.4 is 10.6 Å². The molecule has 0 fully saturated rings. The largest absolute Gasteiger partial charge is 0.376 e. The second-order valence-corrected chi connectivity index (χ2v) is 9.47. The van der Waals surface area contributed by atoms with Gasteiger partial charge in [-0.25, -0.2) is 0 Å². The predicted molar refractivity (Wildman–Crippen MR) is 107 cm³/mol. The van der Waals surface area contributed by atoms with Crippen molar-refractivity contribution in [2.45, 2.75) is 39.0 Å². The Morgan fingerprint density at radius 2 is 1.92 bits per heavy atom. The van der Waals surface area contributed by atoms with Crippen LogP contribution in [0.15, 0.2) is 35.3 Å². The fraction of sp³-hybridized carbons (Fsp3) is 0.632. The molecule has 2 N–H and O–H groups in total. The molecule has 2 unspecified atom stereocenters. The van der Waals surface area contributed by atoms with Crippen LogP contribution in [0.3, 0.4) is 0 Å². The van der Waals surface area contributed by atoms with Crippen molar-refractivity contribution >= 4 is 16.8 Å². The maximum atomic E-state index is 12.0. The molecule has 1 aromatic carbocycles. The van der Waals surface area contributed by atoms with Gasteiger partial charge >= 0.3 is 0 Å². The highest BCUT2D eigenvalue weighted by atomic mass is 32.2. The Hall–Kier alpha value is -1.40. The SMILES string of the molecule is CN=C(NCCS(=O)C(C)(C)C)NCC(C)COCc1ccccc1. The van der Waals surface area contributed by atoms with Crippen LogP contribution in [0.25, 0.3) is 0 Å². The molecule has 0 heterocycles. The molecule has 0 bridgehead atoms. The maximum Gasteiger partial charge on any atom is 0.191 e. The molecule has 0 amide bonds. The minimum absolute atomic E-state index is 0.177. The highest BCUT2D eigenvalue weighted by molar-refractivity contribution is 7.86. The van der Waals surface area contributed by atoms with Gasteiger partial charge in [-0.05, 0) is 32.3 Å². The topological polar surface area (TPSA) is 62.7 Å². The van der Waals surface area contributed by atoms with Gasteiger partial charge in [-0.1, -0.05) is 37.3 Å². The van der Waals surface area contributed by atoms with Gasteiger partial charge in [-0.15, -0.1) is 0 Å². The normalized spacial score (nSPS) is 14.8. The fourth-order valence-corrected chi connectivity index (χ4v) is 2.97. The van der Waals surface area contributed by atoms with Crippen molar-refractivity contribution in [3.63, 3.8) is 0 Å². The van der Waals surface area contributed by atoms with Gasteiger partial charge in [0, 0.05) is 41.4 Å². The van der Waals surface area contributed by atoms with Gasteiger partial charge in [0.15, 0.2) is 5.96 Å². The summed E-state index contributed by atoms with van der Waals surface area (Å²) in [4.78, 5) is 4.20. The number of hydrogen-bond acceptors (Lipinski definition) is 3. The smallest absolute Gasteiger partial charge is 0.191 e. The summed E-state index contributed by atoms with van der Waals surface area (Å²) >= 11 is 0. The van der Waals surface area contributed by atoms with E-state index in [4.69, 9.17) is 4.74 Å². The van der Waals surface area contributed by atoms with E-state index in [9.17, 15) is 4.21 Å². The van der Waals surface area contributed by atoms with Crippen LogP contribution in [0.4, 0.5) is 0 Å². The summed E-state index contributed by atoms with van der Waals surface area (Å²) in [5.41, 5.74) is 1.19. The lowest BCUT2D eigenvalue weighted by Gasteiger charge is -2.19. The third-order valence-electron chi connectivity index (χ3n) is 3.62. The van der Waals surface area contributed by atoms with Crippen molar-refractivity contribution in [1.82, 2.24) is 10.6 Å². The molecule has 0 aromatic heterocycles. The predicted octanol–water partition coefficient (Wildman–Crippen LogP) is 2.55. The van der Waals surface area contributed by atoms with Crippen molar-refractivity contribution < 1.29 is 8.95 Å². The molecule has 0 saturated heterocycles. The van der Waals surface area contributed by atoms with Crippen molar-refractivity contribution in [2.24, 2.45) is 10.9 Å². The highest BCUT2D eigenvalue weighted by Crippen LogP contribution is 2.10. The van der Waals surface area contributed by atoms with E-state index in [0.717, 1.165) is 12.5 Å². The van der Waals surface area contributed by atoms with Crippen LogP contribution in [-0.4, -0.2) is 47.4 Å². The van der Waals surface area contributed by atoms with Gasteiger partial charge in [-0.3, -0.25) is 9.20 Å². The summed E-state index contributed by atoms with van der Waals surface area (Å²) in [6.07, 6.45) is 0. The first kappa shape index (κ1) is 21.6. The number of hydrogen-bond donors (Lipinski definition) is 2. The molecule has 2 atom stereocenters. The van der Waals surface area contributed by atoms with E-state index in [1.165, 1.54) is 5.56 Å². The molecule has 1 rings (SSSR count). The molecule has 5 nitrogen and oxygen atoms in total. The number of rotatable bonds is 9. The zero-order valence-corrected chi connectivity index (χ0v) is 17.0. The van der Waals surface area contributed by atoms with Crippen molar-refractivity contribution in [3.8, 4) is 0 Å². The standard InChI is InChI=1S/C19H33N3O2S/c1-16(14-24-15-17-9-7-6-8-10-17)13-22-18(20-5)21-11-12-25(23)19(2,3)4/h6-10,16H,11-15H2,1-5H3,(H2,20,21,22). The first-order valence-electron chi connectivity index (χ1n) is 8.77. The molecule has 0 spiro atoms. The minimum atomic E-state index is -0.856. The van der Waals surface area contributed by atoms with E-state index < -0.39 is 10.8 Å². The van der Waals surface area contributed by atoms with Gasteiger partial charge in [0.25, 0.3) is 0 Å². The Morgan fingerprint density at radius 1 is 1.24 bits per heavy atom. The Labute approximate surface area is 155 Å². The van der Waals surface area contributed by atoms with Crippen molar-refractivity contribution in [3.05, 3.63) is 35.9 Å². The van der Waals surface area contributed by atoms with Gasteiger partial charge in [-0.2, -0.15) is 0 Å². The summed E-state index contributed by atoms with van der Waals surface area (Å²) < 4.78 is 17.6. The molecular weight excluding hydrogens is 334 g/mol. The second kappa shape index (κ2) is 11.3. The Kier molecular flexibility index (Phi) is 9.75. The number of guanidine groups is 1. The second-order valence-electron chi connectivity index (χ2n) is 7.15. The summed E-state index contributed by atoms with van der Waals surface area (Å²) in [6.45, 7) is 10.9. The molecule has 0 saturated carbocycles. The van der Waals surface area contributed by atoms with E-state index in [1.807, 2.05) is 39.0 Å². The number of nitrogens with one attached hydrogen (secondary N) is 2. The van der Waals surface area contributed by atoms with Crippen LogP contribution >= 0.6 is 0 Å². The van der Waals surface area contributed by atoms with E-state index in [1.54, 1.807) is 7.05 Å². The number of nitrogens with zero attached hydrogens (tertiary/aromatic N) is 1. The minimum Gasteiger partial charge on any atom is -0.376 e. The zero-order chi connectivity index (χ0) is 18.7. The summed E-state index contributed by atoms with van der Waals surface area (Å²) in [7, 11) is 0.886. The average Bonchev–Trinajstić information content (AvgIpc) is 2.57. The quantitative estimate of drug-likeness (QED) is 0.520. The Balaban J connectivity index is 2.19. The van der Waals surface area contributed by atoms with Crippen LogP contribution in [0.2, 0.25) is 0 Å². The Morgan fingerprint density at radius 3 is 2.52 bits per heavy atom. The highest BCUT2D eigenvalue weighted by Gasteiger charge is 2.18. The molecule has 0 radical (unpaired) electrons. The molecular formula is C19H33N3O2S. The molecule has 25 heavy (non-hydrogen) atoms. The van der Waals surface area contributed by atoms with Crippen LogP contribution in [0.1, 0.15) is 33.3 Å². The van der Waals surface area contributed by atoms with E-state index in [0.29, 0.717) is 31.4 Å². The molecule has 142 valence electrons. The van der Waals surface area contributed by atoms with Crippen LogP contribution in [-0.2, 0) is 22.1 Å². The van der Waals surface area contributed by atoms with Crippen LogP contribution in [0, 0.1) is 5.92 Å². The first-order valence-corrected chi connectivity index (χ1v) is 10.1. The van der Waals surface area contributed by atoms with Crippen molar-refractivity contribution in [1.29, 1.82) is 0 Å². The van der Waals surface area contributed by atoms with Gasteiger partial charge in [0.05, 0.1) is 13.2 Å². The van der Waals surface area contributed by atoms with Crippen molar-refractivity contribution in [2.75, 3.05) is 32.5 Å². The number of ether oxygens (including phenoxy) is 1. The summed E-state index contributed by atoms with van der Waals surface area (Å²) in [5, 5.41) is 6.51. The lowest BCUT2D eigenvalue weighted by Crippen LogP contribution is -2.42. The molecule has 6 heteroatoms. The number of aliphatic imine (C=N–C) groups is 1. The molecule has 0 aliphatic rings. The molecule has 0 aliphatic heterocycles. The zero-order valence-electron chi connectivity index (χ0n) is 16.2. The summed E-state index contributed by atoms with van der Waals surface area (Å²) in [5.74, 6) is 1.71. The third-order valence-corrected chi connectivity index (χ3v) is 5.56. The Bertz CT molecular complexity index is 541.